The third-order valence-electron chi connectivity index (χ3n) is 4.81. The second kappa shape index (κ2) is 7.94. The molecule has 1 heterocycles. The first-order valence-electron chi connectivity index (χ1n) is 9.04. The molecule has 0 unspecified atom stereocenters. The number of ether oxygens (including phenoxy) is 1. The highest BCUT2D eigenvalue weighted by molar-refractivity contribution is 6.11. The van der Waals surface area contributed by atoms with Gasteiger partial charge in [-0.15, -0.1) is 0 Å². The molecule has 30 heavy (non-hydrogen) atoms. The molecule has 2 N–H and O–H groups in total. The number of anilines is 1. The maximum atomic E-state index is 14.3. The van der Waals surface area contributed by atoms with Crippen LogP contribution in [0.5, 0.6) is 5.75 Å². The van der Waals surface area contributed by atoms with E-state index in [1.54, 1.807) is 24.3 Å². The molecule has 156 valence electrons. The highest BCUT2D eigenvalue weighted by atomic mass is 19.1. The number of rotatable bonds is 6. The minimum absolute atomic E-state index is 0.192. The molecule has 1 fully saturated rings. The Hall–Kier alpha value is -3.75. The summed E-state index contributed by atoms with van der Waals surface area (Å²) in [5.41, 5.74) is -1.00. The quantitative estimate of drug-likeness (QED) is 0.559. The summed E-state index contributed by atoms with van der Waals surface area (Å²) in [4.78, 5) is 49.8. The molecule has 4 amide bonds. The van der Waals surface area contributed by atoms with Crippen molar-refractivity contribution in [2.24, 2.45) is 0 Å². The van der Waals surface area contributed by atoms with Crippen LogP contribution < -0.4 is 15.4 Å². The van der Waals surface area contributed by atoms with Crippen LogP contribution in [0.25, 0.3) is 0 Å². The van der Waals surface area contributed by atoms with Crippen LogP contribution in [0.4, 0.5) is 14.9 Å². The minimum atomic E-state index is -1.39. The van der Waals surface area contributed by atoms with Gasteiger partial charge in [0.1, 0.15) is 17.1 Å². The van der Waals surface area contributed by atoms with Crippen LogP contribution in [-0.2, 0) is 15.1 Å². The second-order valence-corrected chi connectivity index (χ2v) is 6.98. The van der Waals surface area contributed by atoms with Crippen LogP contribution >= 0.6 is 0 Å². The van der Waals surface area contributed by atoms with Crippen LogP contribution in [0.3, 0.4) is 0 Å². The highest BCUT2D eigenvalue weighted by Gasteiger charge is 2.49. The van der Waals surface area contributed by atoms with Crippen molar-refractivity contribution >= 4 is 29.3 Å². The Morgan fingerprint density at radius 2 is 1.93 bits per heavy atom. The number of halogens is 1. The number of hydrogen-bond acceptors (Lipinski definition) is 5. The Labute approximate surface area is 172 Å². The van der Waals surface area contributed by atoms with Crippen LogP contribution in [-0.4, -0.2) is 42.2 Å². The highest BCUT2D eigenvalue weighted by Crippen LogP contribution is 2.31. The lowest BCUT2D eigenvalue weighted by molar-refractivity contribution is -0.130. The zero-order chi connectivity index (χ0) is 22.1. The fourth-order valence-electron chi connectivity index (χ4n) is 3.22. The summed E-state index contributed by atoms with van der Waals surface area (Å²) >= 11 is 0. The van der Waals surface area contributed by atoms with Gasteiger partial charge in [0.15, 0.2) is 5.78 Å². The van der Waals surface area contributed by atoms with E-state index in [-0.39, 0.29) is 17.2 Å². The zero-order valence-electron chi connectivity index (χ0n) is 16.6. The number of carbonyl (C=O) groups excluding carboxylic acids is 4. The summed E-state index contributed by atoms with van der Waals surface area (Å²) < 4.78 is 19.5. The fourth-order valence-corrected chi connectivity index (χ4v) is 3.22. The Morgan fingerprint density at radius 3 is 2.57 bits per heavy atom. The number of Topliss-reactive ketones (excluding diaryl/α,β-unsaturated/α-hetero) is 1. The van der Waals surface area contributed by atoms with E-state index in [0.717, 1.165) is 11.0 Å². The van der Waals surface area contributed by atoms with Gasteiger partial charge in [0.25, 0.3) is 5.91 Å². The Balaban J connectivity index is 1.81. The maximum Gasteiger partial charge on any atom is 0.325 e. The predicted molar refractivity (Wildman–Crippen MR) is 106 cm³/mol. The van der Waals surface area contributed by atoms with Crippen molar-refractivity contribution in [2.75, 3.05) is 19.0 Å². The van der Waals surface area contributed by atoms with Gasteiger partial charge in [-0.3, -0.25) is 19.3 Å². The molecular formula is C21H20FN3O5. The molecule has 9 heteroatoms. The van der Waals surface area contributed by atoms with Gasteiger partial charge in [-0.05, 0) is 42.8 Å². The van der Waals surface area contributed by atoms with E-state index in [1.165, 1.54) is 33.1 Å². The van der Waals surface area contributed by atoms with Gasteiger partial charge in [-0.1, -0.05) is 12.1 Å². The lowest BCUT2D eigenvalue weighted by Crippen LogP contribution is -2.41. The number of carbonyl (C=O) groups is 4. The second-order valence-electron chi connectivity index (χ2n) is 6.98. The zero-order valence-corrected chi connectivity index (χ0v) is 16.6. The largest absolute Gasteiger partial charge is 0.497 e. The minimum Gasteiger partial charge on any atom is -0.497 e. The number of urea groups is 1. The molecule has 3 rings (SSSR count). The van der Waals surface area contributed by atoms with E-state index in [0.29, 0.717) is 11.3 Å². The average Bonchev–Trinajstić information content (AvgIpc) is 2.91. The first-order chi connectivity index (χ1) is 14.2. The first kappa shape index (κ1) is 21.0. The third-order valence-corrected chi connectivity index (χ3v) is 4.81. The summed E-state index contributed by atoms with van der Waals surface area (Å²) in [6.07, 6.45) is 0. The van der Waals surface area contributed by atoms with Gasteiger partial charge >= 0.3 is 6.03 Å². The number of nitrogens with one attached hydrogen (secondary N) is 2. The monoisotopic (exact) mass is 413 g/mol. The van der Waals surface area contributed by atoms with Crippen molar-refractivity contribution in [3.05, 3.63) is 59.4 Å². The van der Waals surface area contributed by atoms with E-state index in [9.17, 15) is 23.6 Å². The topological polar surface area (TPSA) is 105 Å². The van der Waals surface area contributed by atoms with Crippen LogP contribution in [0.15, 0.2) is 42.5 Å². The van der Waals surface area contributed by atoms with Crippen molar-refractivity contribution in [1.29, 1.82) is 0 Å². The number of benzene rings is 2. The molecule has 1 aliphatic heterocycles. The Bertz CT molecular complexity index is 1050. The molecule has 1 saturated heterocycles. The van der Waals surface area contributed by atoms with Crippen molar-refractivity contribution in [2.45, 2.75) is 19.4 Å². The fraction of sp³-hybridized carbons (Fsp3) is 0.238. The summed E-state index contributed by atoms with van der Waals surface area (Å²) in [5.74, 6) is -2.13. The number of imide groups is 1. The summed E-state index contributed by atoms with van der Waals surface area (Å²) in [5, 5.41) is 5.00. The van der Waals surface area contributed by atoms with E-state index in [4.69, 9.17) is 4.74 Å². The van der Waals surface area contributed by atoms with E-state index in [1.807, 2.05) is 0 Å². The molecule has 0 aromatic heterocycles. The number of amides is 4. The van der Waals surface area contributed by atoms with E-state index >= 15 is 0 Å². The lowest BCUT2D eigenvalue weighted by Gasteiger charge is -2.22. The Kier molecular flexibility index (Phi) is 5.55. The molecule has 2 aromatic rings. The first-order valence-corrected chi connectivity index (χ1v) is 9.04. The van der Waals surface area contributed by atoms with Gasteiger partial charge in [-0.2, -0.15) is 0 Å². The molecule has 0 aliphatic carbocycles. The number of ketones is 1. The van der Waals surface area contributed by atoms with Crippen molar-refractivity contribution in [3.63, 3.8) is 0 Å². The molecular weight excluding hydrogens is 393 g/mol. The Morgan fingerprint density at radius 1 is 1.20 bits per heavy atom. The predicted octanol–water partition coefficient (Wildman–Crippen LogP) is 2.44. The molecule has 0 saturated carbocycles. The van der Waals surface area contributed by atoms with Crippen molar-refractivity contribution < 1.29 is 28.3 Å². The molecule has 2 aromatic carbocycles. The summed E-state index contributed by atoms with van der Waals surface area (Å²) in [7, 11) is 1.48. The van der Waals surface area contributed by atoms with Gasteiger partial charge in [-0.25, -0.2) is 9.18 Å². The number of nitrogens with zero attached hydrogens (tertiary/aromatic N) is 1. The normalized spacial score (nSPS) is 18.2. The third kappa shape index (κ3) is 3.86. The lowest BCUT2D eigenvalue weighted by atomic mass is 9.92. The molecule has 0 radical (unpaired) electrons. The number of methoxy groups -OCH3 is 1. The smallest absolute Gasteiger partial charge is 0.325 e. The van der Waals surface area contributed by atoms with Gasteiger partial charge in [0, 0.05) is 12.6 Å². The van der Waals surface area contributed by atoms with Crippen molar-refractivity contribution in [3.8, 4) is 5.75 Å². The molecule has 0 bridgehead atoms. The standard InChI is InChI=1S/C21H20FN3O5/c1-12(26)23-14-7-8-16(17(22)10-14)18(27)11-25-19(28)21(2,24-20(25)29)13-5-4-6-15(9-13)30-3/h4-10H,11H2,1-3H3,(H,23,26)(H,24,29)/t21-/m0/s1. The van der Waals surface area contributed by atoms with Crippen LogP contribution in [0, 0.1) is 5.82 Å². The summed E-state index contributed by atoms with van der Waals surface area (Å²) in [6, 6.07) is 9.46. The van der Waals surface area contributed by atoms with Gasteiger partial charge in [0.05, 0.1) is 19.2 Å². The molecule has 1 atom stereocenters. The summed E-state index contributed by atoms with van der Waals surface area (Å²) in [6.45, 7) is 2.17. The molecule has 0 spiro atoms. The van der Waals surface area contributed by atoms with Crippen molar-refractivity contribution in [1.82, 2.24) is 10.2 Å². The van der Waals surface area contributed by atoms with Crippen LogP contribution in [0.2, 0.25) is 0 Å². The van der Waals surface area contributed by atoms with E-state index in [2.05, 4.69) is 10.6 Å². The van der Waals surface area contributed by atoms with Gasteiger partial charge in [0.2, 0.25) is 5.91 Å². The number of hydrogen-bond donors (Lipinski definition) is 2. The van der Waals surface area contributed by atoms with E-state index < -0.39 is 35.6 Å². The van der Waals surface area contributed by atoms with Gasteiger partial charge < -0.3 is 15.4 Å². The average molecular weight is 413 g/mol. The maximum absolute atomic E-state index is 14.3. The SMILES string of the molecule is COc1cccc([C@]2(C)NC(=O)N(CC(=O)c3ccc(NC(C)=O)cc3F)C2=O)c1. The van der Waals surface area contributed by atoms with Crippen LogP contribution in [0.1, 0.15) is 29.8 Å². The molecule has 1 aliphatic rings. The molecule has 8 nitrogen and oxygen atoms in total.